The minimum Gasteiger partial charge on any atom is -0.489 e. The van der Waals surface area contributed by atoms with Gasteiger partial charge in [-0.2, -0.15) is 5.26 Å². The van der Waals surface area contributed by atoms with Crippen molar-refractivity contribution in [2.45, 2.75) is 26.1 Å². The number of rotatable bonds is 5. The second-order valence-electron chi connectivity index (χ2n) is 4.74. The largest absolute Gasteiger partial charge is 0.489 e. The first-order valence-electron chi connectivity index (χ1n) is 6.72. The fourth-order valence-electron chi connectivity index (χ4n) is 1.99. The first kappa shape index (κ1) is 15.0. The zero-order valence-corrected chi connectivity index (χ0v) is 11.7. The molecule has 0 spiro atoms. The van der Waals surface area contributed by atoms with Gasteiger partial charge in [0.1, 0.15) is 18.2 Å². The van der Waals surface area contributed by atoms with Crippen molar-refractivity contribution in [1.82, 2.24) is 0 Å². The molecule has 0 amide bonds. The number of aliphatic hydroxyl groups excluding tert-OH is 1. The second-order valence-corrected chi connectivity index (χ2v) is 4.74. The van der Waals surface area contributed by atoms with Crippen LogP contribution in [0.4, 0.5) is 4.39 Å². The molecule has 0 bridgehead atoms. The van der Waals surface area contributed by atoms with Crippen LogP contribution in [-0.4, -0.2) is 5.11 Å². The van der Waals surface area contributed by atoms with Crippen molar-refractivity contribution in [2.24, 2.45) is 0 Å². The topological polar surface area (TPSA) is 53.2 Å². The van der Waals surface area contributed by atoms with Crippen LogP contribution in [0, 0.1) is 17.1 Å². The van der Waals surface area contributed by atoms with Gasteiger partial charge in [-0.15, -0.1) is 0 Å². The quantitative estimate of drug-likeness (QED) is 0.911. The monoisotopic (exact) mass is 285 g/mol. The second kappa shape index (κ2) is 6.87. The lowest BCUT2D eigenvalue weighted by Crippen LogP contribution is -1.98. The smallest absolute Gasteiger partial charge is 0.124 e. The van der Waals surface area contributed by atoms with Crippen molar-refractivity contribution in [1.29, 1.82) is 5.26 Å². The summed E-state index contributed by atoms with van der Waals surface area (Å²) in [4.78, 5) is 0. The average Bonchev–Trinajstić information content (AvgIpc) is 2.52. The molecule has 0 saturated heterocycles. The third-order valence-corrected chi connectivity index (χ3v) is 3.14. The first-order valence-corrected chi connectivity index (χ1v) is 6.72. The van der Waals surface area contributed by atoms with E-state index in [9.17, 15) is 9.50 Å². The van der Waals surface area contributed by atoms with E-state index in [1.54, 1.807) is 30.3 Å². The van der Waals surface area contributed by atoms with Crippen molar-refractivity contribution in [3.05, 3.63) is 65.0 Å². The molecule has 4 heteroatoms. The van der Waals surface area contributed by atoms with E-state index in [1.165, 1.54) is 12.1 Å². The summed E-state index contributed by atoms with van der Waals surface area (Å²) in [5.74, 6) is 0.180. The number of halogens is 1. The van der Waals surface area contributed by atoms with Crippen LogP contribution in [-0.2, 0) is 6.61 Å². The van der Waals surface area contributed by atoms with Crippen molar-refractivity contribution in [2.75, 3.05) is 0 Å². The van der Waals surface area contributed by atoms with Gasteiger partial charge < -0.3 is 9.84 Å². The third-order valence-electron chi connectivity index (χ3n) is 3.14. The van der Waals surface area contributed by atoms with E-state index < -0.39 is 11.9 Å². The molecule has 2 rings (SSSR count). The molecule has 21 heavy (non-hydrogen) atoms. The zero-order chi connectivity index (χ0) is 15.2. The third kappa shape index (κ3) is 4.04. The zero-order valence-electron chi connectivity index (χ0n) is 11.7. The predicted molar refractivity (Wildman–Crippen MR) is 77.1 cm³/mol. The Morgan fingerprint density at radius 3 is 2.57 bits per heavy atom. The Labute approximate surface area is 123 Å². The van der Waals surface area contributed by atoms with Crippen molar-refractivity contribution < 1.29 is 14.2 Å². The van der Waals surface area contributed by atoms with Crippen LogP contribution >= 0.6 is 0 Å². The van der Waals surface area contributed by atoms with Crippen LogP contribution in [0.5, 0.6) is 5.75 Å². The Bertz CT molecular complexity index is 647. The van der Waals surface area contributed by atoms with E-state index in [0.717, 1.165) is 5.56 Å². The van der Waals surface area contributed by atoms with E-state index in [2.05, 4.69) is 0 Å². The van der Waals surface area contributed by atoms with Gasteiger partial charge in [-0.3, -0.25) is 0 Å². The van der Waals surface area contributed by atoms with Gasteiger partial charge in [0.2, 0.25) is 0 Å². The Balaban J connectivity index is 2.03. The van der Waals surface area contributed by atoms with Crippen molar-refractivity contribution in [3.8, 4) is 11.8 Å². The Kier molecular flexibility index (Phi) is 4.91. The van der Waals surface area contributed by atoms with Crippen molar-refractivity contribution >= 4 is 0 Å². The molecule has 0 aromatic heterocycles. The number of benzene rings is 2. The highest BCUT2D eigenvalue weighted by Gasteiger charge is 2.05. The highest BCUT2D eigenvalue weighted by Crippen LogP contribution is 2.20. The predicted octanol–water partition coefficient (Wildman–Crippen LogP) is 3.72. The molecular formula is C17H16FNO2. The van der Waals surface area contributed by atoms with E-state index in [4.69, 9.17) is 10.00 Å². The fraction of sp³-hybridized carbons (Fsp3) is 0.235. The lowest BCUT2D eigenvalue weighted by atomic mass is 10.1. The lowest BCUT2D eigenvalue weighted by molar-refractivity contribution is 0.173. The summed E-state index contributed by atoms with van der Waals surface area (Å²) >= 11 is 0. The van der Waals surface area contributed by atoms with E-state index in [-0.39, 0.29) is 12.2 Å². The minimum atomic E-state index is -0.472. The van der Waals surface area contributed by atoms with Crippen LogP contribution in [0.1, 0.15) is 36.1 Å². The summed E-state index contributed by atoms with van der Waals surface area (Å²) in [6.45, 7) is 2.09. The minimum absolute atomic E-state index is 0.183. The molecule has 1 unspecified atom stereocenters. The molecule has 0 aliphatic heterocycles. The molecule has 0 radical (unpaired) electrons. The van der Waals surface area contributed by atoms with Gasteiger partial charge in [0, 0.05) is 0 Å². The van der Waals surface area contributed by atoms with Crippen LogP contribution < -0.4 is 4.74 Å². The molecule has 0 aliphatic rings. The molecule has 2 aromatic carbocycles. The molecule has 1 atom stereocenters. The summed E-state index contributed by atoms with van der Waals surface area (Å²) in [6, 6.07) is 13.2. The SMILES string of the molecule is CCC(O)c1ccc(OCc2cc(F)cc(C#N)c2)cc1. The lowest BCUT2D eigenvalue weighted by Gasteiger charge is -2.10. The van der Waals surface area contributed by atoms with Gasteiger partial charge in [0.25, 0.3) is 0 Å². The van der Waals surface area contributed by atoms with Crippen LogP contribution in [0.15, 0.2) is 42.5 Å². The number of hydrogen-bond donors (Lipinski definition) is 1. The Morgan fingerprint density at radius 2 is 1.95 bits per heavy atom. The van der Waals surface area contributed by atoms with Crippen LogP contribution in [0.3, 0.4) is 0 Å². The number of ether oxygens (including phenoxy) is 1. The number of aliphatic hydroxyl groups is 1. The van der Waals surface area contributed by atoms with E-state index in [0.29, 0.717) is 17.7 Å². The molecule has 0 saturated carbocycles. The van der Waals surface area contributed by atoms with Gasteiger partial charge in [0.15, 0.2) is 0 Å². The summed E-state index contributed by atoms with van der Waals surface area (Å²) in [5, 5.41) is 18.5. The molecule has 0 fully saturated rings. The summed E-state index contributed by atoms with van der Waals surface area (Å²) < 4.78 is 18.8. The van der Waals surface area contributed by atoms with Gasteiger partial charge >= 0.3 is 0 Å². The Hall–Kier alpha value is -2.38. The number of nitrogens with zero attached hydrogens (tertiary/aromatic N) is 1. The van der Waals surface area contributed by atoms with Crippen LogP contribution in [0.2, 0.25) is 0 Å². The van der Waals surface area contributed by atoms with Gasteiger partial charge in [0.05, 0.1) is 17.7 Å². The molecule has 0 heterocycles. The molecule has 1 N–H and O–H groups in total. The number of hydrogen-bond acceptors (Lipinski definition) is 3. The average molecular weight is 285 g/mol. The van der Waals surface area contributed by atoms with Gasteiger partial charge in [-0.25, -0.2) is 4.39 Å². The molecule has 108 valence electrons. The summed E-state index contributed by atoms with van der Waals surface area (Å²) in [5.41, 5.74) is 1.71. The number of nitriles is 1. The van der Waals surface area contributed by atoms with E-state index in [1.807, 2.05) is 13.0 Å². The molecular weight excluding hydrogens is 269 g/mol. The normalized spacial score (nSPS) is 11.7. The molecule has 0 aliphatic carbocycles. The summed E-state index contributed by atoms with van der Waals surface area (Å²) in [7, 11) is 0. The highest BCUT2D eigenvalue weighted by molar-refractivity contribution is 5.34. The standard InChI is InChI=1S/C17H16FNO2/c1-2-17(20)14-3-5-16(6-4-14)21-11-13-7-12(10-19)8-15(18)9-13/h3-9,17,20H,2,11H2,1H3. The van der Waals surface area contributed by atoms with Crippen molar-refractivity contribution in [3.63, 3.8) is 0 Å². The first-order chi connectivity index (χ1) is 10.1. The van der Waals surface area contributed by atoms with E-state index >= 15 is 0 Å². The fourth-order valence-corrected chi connectivity index (χ4v) is 1.99. The molecule has 2 aromatic rings. The molecule has 3 nitrogen and oxygen atoms in total. The van der Waals surface area contributed by atoms with Gasteiger partial charge in [-0.1, -0.05) is 19.1 Å². The summed E-state index contributed by atoms with van der Waals surface area (Å²) in [6.07, 6.45) is 0.181. The maximum atomic E-state index is 13.3. The maximum absolute atomic E-state index is 13.3. The van der Waals surface area contributed by atoms with Gasteiger partial charge in [-0.05, 0) is 47.9 Å². The highest BCUT2D eigenvalue weighted by atomic mass is 19.1. The van der Waals surface area contributed by atoms with Crippen LogP contribution in [0.25, 0.3) is 0 Å². The Morgan fingerprint density at radius 1 is 1.24 bits per heavy atom. The maximum Gasteiger partial charge on any atom is 0.124 e.